The molecule has 0 heterocycles. The second-order valence-corrected chi connectivity index (χ2v) is 4.56. The summed E-state index contributed by atoms with van der Waals surface area (Å²) in [5.41, 5.74) is 8.89. The minimum Gasteiger partial charge on any atom is -0.398 e. The van der Waals surface area contributed by atoms with Gasteiger partial charge in [0, 0.05) is 24.8 Å². The maximum Gasteiger partial charge on any atom is 0.254 e. The highest BCUT2D eigenvalue weighted by molar-refractivity contribution is 5.96. The number of amides is 1. The van der Waals surface area contributed by atoms with Gasteiger partial charge in [0.1, 0.15) is 0 Å². The molecule has 1 aromatic rings. The average Bonchev–Trinajstić information content (AvgIpc) is 2.21. The molecule has 1 aromatic carbocycles. The van der Waals surface area contributed by atoms with Gasteiger partial charge in [-0.15, -0.1) is 0 Å². The quantitative estimate of drug-likeness (QED) is 0.778. The molecule has 17 heavy (non-hydrogen) atoms. The van der Waals surface area contributed by atoms with Crippen LogP contribution >= 0.6 is 0 Å². The molecule has 3 N–H and O–H groups in total. The van der Waals surface area contributed by atoms with Crippen LogP contribution in [-0.4, -0.2) is 35.6 Å². The number of nitrogen functional groups attached to an aromatic ring is 1. The van der Waals surface area contributed by atoms with Crippen LogP contribution in [0.15, 0.2) is 12.1 Å². The van der Waals surface area contributed by atoms with E-state index in [0.717, 1.165) is 11.1 Å². The van der Waals surface area contributed by atoms with Gasteiger partial charge in [-0.25, -0.2) is 0 Å². The van der Waals surface area contributed by atoms with E-state index in [2.05, 4.69) is 0 Å². The van der Waals surface area contributed by atoms with E-state index < -0.39 is 6.10 Å². The van der Waals surface area contributed by atoms with Gasteiger partial charge in [0.05, 0.1) is 6.10 Å². The van der Waals surface area contributed by atoms with Crippen molar-refractivity contribution in [2.24, 2.45) is 0 Å². The summed E-state index contributed by atoms with van der Waals surface area (Å²) in [6.45, 7) is 5.76. The highest BCUT2D eigenvalue weighted by Gasteiger charge is 2.16. The molecule has 0 aliphatic carbocycles. The molecule has 1 amide bonds. The molecule has 1 rings (SSSR count). The first-order valence-electron chi connectivity index (χ1n) is 5.63. The number of benzene rings is 1. The van der Waals surface area contributed by atoms with Crippen molar-refractivity contribution in [3.8, 4) is 0 Å². The van der Waals surface area contributed by atoms with Gasteiger partial charge >= 0.3 is 0 Å². The molecule has 0 bridgehead atoms. The van der Waals surface area contributed by atoms with E-state index in [-0.39, 0.29) is 5.91 Å². The molecule has 1 atom stereocenters. The first kappa shape index (κ1) is 13.5. The minimum absolute atomic E-state index is 0.116. The van der Waals surface area contributed by atoms with Crippen molar-refractivity contribution in [2.75, 3.05) is 19.3 Å². The highest BCUT2D eigenvalue weighted by Crippen LogP contribution is 2.19. The number of carbonyl (C=O) groups is 1. The second-order valence-electron chi connectivity index (χ2n) is 4.56. The summed E-state index contributed by atoms with van der Waals surface area (Å²) in [5.74, 6) is -0.116. The summed E-state index contributed by atoms with van der Waals surface area (Å²) in [6, 6.07) is 3.60. The van der Waals surface area contributed by atoms with E-state index >= 15 is 0 Å². The molecular weight excluding hydrogens is 216 g/mol. The van der Waals surface area contributed by atoms with Crippen molar-refractivity contribution in [2.45, 2.75) is 26.9 Å². The predicted octanol–water partition coefficient (Wildman–Crippen LogP) is 1.34. The summed E-state index contributed by atoms with van der Waals surface area (Å²) in [5, 5.41) is 9.27. The van der Waals surface area contributed by atoms with E-state index in [9.17, 15) is 9.90 Å². The van der Waals surface area contributed by atoms with Gasteiger partial charge in [-0.1, -0.05) is 6.07 Å². The molecule has 4 nitrogen and oxygen atoms in total. The number of hydrogen-bond acceptors (Lipinski definition) is 3. The Morgan fingerprint density at radius 3 is 2.53 bits per heavy atom. The van der Waals surface area contributed by atoms with Crippen LogP contribution in [-0.2, 0) is 0 Å². The lowest BCUT2D eigenvalue weighted by molar-refractivity contribution is 0.0703. The Labute approximate surface area is 102 Å². The van der Waals surface area contributed by atoms with Crippen molar-refractivity contribution in [1.29, 1.82) is 0 Å². The fourth-order valence-electron chi connectivity index (χ4n) is 1.78. The van der Waals surface area contributed by atoms with Crippen molar-refractivity contribution >= 4 is 11.6 Å². The van der Waals surface area contributed by atoms with Crippen LogP contribution in [0.4, 0.5) is 5.69 Å². The molecule has 0 aliphatic heterocycles. The molecule has 0 radical (unpaired) electrons. The number of likely N-dealkylation sites (N-methyl/N-ethyl adjacent to an activating group) is 1. The monoisotopic (exact) mass is 236 g/mol. The maximum atomic E-state index is 12.1. The summed E-state index contributed by atoms with van der Waals surface area (Å²) in [6.07, 6.45) is -0.535. The van der Waals surface area contributed by atoms with Crippen LogP contribution in [0.1, 0.15) is 28.4 Å². The summed E-state index contributed by atoms with van der Waals surface area (Å²) in [4.78, 5) is 13.6. The van der Waals surface area contributed by atoms with Crippen molar-refractivity contribution in [3.05, 3.63) is 28.8 Å². The number of nitrogens with zero attached hydrogens (tertiary/aromatic N) is 1. The largest absolute Gasteiger partial charge is 0.398 e. The zero-order valence-electron chi connectivity index (χ0n) is 10.8. The molecule has 0 saturated carbocycles. The molecule has 0 fully saturated rings. The molecule has 94 valence electrons. The van der Waals surface area contributed by atoms with Crippen molar-refractivity contribution in [3.63, 3.8) is 0 Å². The number of hydrogen-bond donors (Lipinski definition) is 2. The van der Waals surface area contributed by atoms with E-state index in [0.29, 0.717) is 17.8 Å². The molecule has 0 spiro atoms. The Balaban J connectivity index is 3.00. The summed E-state index contributed by atoms with van der Waals surface area (Å²) in [7, 11) is 1.67. The van der Waals surface area contributed by atoms with Gasteiger partial charge in [-0.05, 0) is 38.0 Å². The topological polar surface area (TPSA) is 66.6 Å². The Morgan fingerprint density at radius 1 is 1.41 bits per heavy atom. The number of rotatable bonds is 3. The summed E-state index contributed by atoms with van der Waals surface area (Å²) < 4.78 is 0. The second kappa shape index (κ2) is 5.19. The average molecular weight is 236 g/mol. The van der Waals surface area contributed by atoms with Gasteiger partial charge in [-0.3, -0.25) is 4.79 Å². The Hall–Kier alpha value is -1.55. The van der Waals surface area contributed by atoms with Gasteiger partial charge in [0.25, 0.3) is 5.91 Å². The van der Waals surface area contributed by atoms with Gasteiger partial charge < -0.3 is 15.7 Å². The van der Waals surface area contributed by atoms with Crippen molar-refractivity contribution < 1.29 is 9.90 Å². The van der Waals surface area contributed by atoms with Crippen molar-refractivity contribution in [1.82, 2.24) is 4.90 Å². The third-order valence-electron chi connectivity index (χ3n) is 2.73. The van der Waals surface area contributed by atoms with E-state index in [1.807, 2.05) is 19.9 Å². The minimum atomic E-state index is -0.535. The molecule has 4 heteroatoms. The smallest absolute Gasteiger partial charge is 0.254 e. The normalized spacial score (nSPS) is 12.3. The number of aliphatic hydroxyl groups excluding tert-OH is 1. The van der Waals surface area contributed by atoms with Crippen LogP contribution in [0.5, 0.6) is 0 Å². The third kappa shape index (κ3) is 3.20. The fourth-order valence-corrected chi connectivity index (χ4v) is 1.78. The lowest BCUT2D eigenvalue weighted by Crippen LogP contribution is -2.33. The fraction of sp³-hybridized carbons (Fsp3) is 0.462. The molecule has 0 aromatic heterocycles. The van der Waals surface area contributed by atoms with Gasteiger partial charge in [-0.2, -0.15) is 0 Å². The maximum absolute atomic E-state index is 12.1. The van der Waals surface area contributed by atoms with Gasteiger partial charge in [0.2, 0.25) is 0 Å². The standard InChI is InChI=1S/C13H20N2O2/c1-8-5-9(2)12(14)6-11(8)13(17)15(4)7-10(3)16/h5-6,10,16H,7,14H2,1-4H3. The van der Waals surface area contributed by atoms with Gasteiger partial charge in [0.15, 0.2) is 0 Å². The first-order valence-corrected chi connectivity index (χ1v) is 5.63. The third-order valence-corrected chi connectivity index (χ3v) is 2.73. The Kier molecular flexibility index (Phi) is 4.12. The predicted molar refractivity (Wildman–Crippen MR) is 69.0 cm³/mol. The Bertz CT molecular complexity index is 428. The summed E-state index contributed by atoms with van der Waals surface area (Å²) >= 11 is 0. The van der Waals surface area contributed by atoms with Crippen LogP contribution in [0.3, 0.4) is 0 Å². The number of carbonyl (C=O) groups excluding carboxylic acids is 1. The van der Waals surface area contributed by atoms with Crippen LogP contribution in [0, 0.1) is 13.8 Å². The highest BCUT2D eigenvalue weighted by atomic mass is 16.3. The molecular formula is C13H20N2O2. The zero-order valence-corrected chi connectivity index (χ0v) is 10.8. The SMILES string of the molecule is Cc1cc(C)c(C(=O)N(C)CC(C)O)cc1N. The Morgan fingerprint density at radius 2 is 2.00 bits per heavy atom. The number of anilines is 1. The zero-order chi connectivity index (χ0) is 13.2. The number of aryl methyl sites for hydroxylation is 2. The van der Waals surface area contributed by atoms with Crippen LogP contribution in [0.2, 0.25) is 0 Å². The van der Waals surface area contributed by atoms with E-state index in [4.69, 9.17) is 5.73 Å². The first-order chi connectivity index (χ1) is 7.82. The molecule has 0 saturated heterocycles. The van der Waals surface area contributed by atoms with E-state index in [1.54, 1.807) is 20.0 Å². The lowest BCUT2D eigenvalue weighted by atomic mass is 10.0. The molecule has 1 unspecified atom stereocenters. The van der Waals surface area contributed by atoms with Crippen LogP contribution < -0.4 is 5.73 Å². The van der Waals surface area contributed by atoms with E-state index in [1.165, 1.54) is 4.90 Å². The molecule has 0 aliphatic rings. The number of aliphatic hydroxyl groups is 1. The van der Waals surface area contributed by atoms with Crippen LogP contribution in [0.25, 0.3) is 0 Å². The number of nitrogens with two attached hydrogens (primary N) is 1. The lowest BCUT2D eigenvalue weighted by Gasteiger charge is -2.20.